The predicted molar refractivity (Wildman–Crippen MR) is 231 cm³/mol. The smallest absolute Gasteiger partial charge is 0.311 e. The monoisotopic (exact) mass is 878 g/mol. The number of methoxy groups -OCH3 is 1. The number of Topliss-reactive ketones (excluding diaryl/α,β-unsaturated/α-hetero) is 1. The molecule has 3 N–H and O–H groups in total. The Kier molecular flexibility index (Phi) is 17.7. The summed E-state index contributed by atoms with van der Waals surface area (Å²) >= 11 is 0. The first-order valence-corrected chi connectivity index (χ1v) is 28.7. The number of ketones is 1. The van der Waals surface area contributed by atoms with Crippen molar-refractivity contribution in [3.8, 4) is 0 Å². The summed E-state index contributed by atoms with van der Waals surface area (Å²) in [4.78, 5) is 30.6. The zero-order chi connectivity index (χ0) is 45.4. The van der Waals surface area contributed by atoms with Crippen LogP contribution in [0, 0.1) is 23.7 Å². The van der Waals surface area contributed by atoms with Gasteiger partial charge in [0.2, 0.25) is 0 Å². The van der Waals surface area contributed by atoms with Gasteiger partial charge < -0.3 is 57.5 Å². The van der Waals surface area contributed by atoms with Crippen molar-refractivity contribution in [2.24, 2.45) is 23.7 Å². The molecule has 0 aromatic rings. The van der Waals surface area contributed by atoms with E-state index >= 15 is 0 Å². The highest BCUT2D eigenvalue weighted by Crippen LogP contribution is 2.42. The van der Waals surface area contributed by atoms with Crippen LogP contribution in [-0.2, 0) is 46.9 Å². The van der Waals surface area contributed by atoms with Crippen LogP contribution in [0.4, 0.5) is 0 Å². The van der Waals surface area contributed by atoms with Crippen molar-refractivity contribution in [3.63, 3.8) is 0 Å². The molecule has 3 heterocycles. The lowest BCUT2D eigenvalue weighted by Gasteiger charge is -2.51. The molecule has 3 aliphatic heterocycles. The van der Waals surface area contributed by atoms with E-state index in [1.54, 1.807) is 41.7 Å². The van der Waals surface area contributed by atoms with Crippen molar-refractivity contribution in [3.05, 3.63) is 0 Å². The molecule has 3 rings (SSSR count). The molecule has 0 aliphatic carbocycles. The number of ether oxygens (including phenoxy) is 6. The summed E-state index contributed by atoms with van der Waals surface area (Å²) in [5.41, 5.74) is -4.53. The number of carbonyl (C=O) groups excluding carboxylic acids is 2. The standard InChI is InChI=1S/C43H83NO13Si2/c1-20-31-43(10,49)36(46)26(4)33(45)24(2)22-41(8,48)37(55-40-35(56-58(14,15)16)30(44(11)12)21-25(3)51-40)27(5)34(28(6)39(47)53-31)54-32-23-42(9,50-13)38(29(7)52-32)57-59(17,18)19/h24-32,34-38,40,46,48-49H,20-23H2,1-19H3/t24-,25-,26+,27+,28-,29+,30+,31-,32?,34+,35-,36-,37-,38+,40?,41+,42-,43-/m1/s1. The van der Waals surface area contributed by atoms with Gasteiger partial charge in [0.05, 0.1) is 53.7 Å². The van der Waals surface area contributed by atoms with Gasteiger partial charge in [-0.15, -0.1) is 0 Å². The van der Waals surface area contributed by atoms with E-state index in [4.69, 9.17) is 37.3 Å². The van der Waals surface area contributed by atoms with Crippen LogP contribution in [0.2, 0.25) is 39.3 Å². The highest BCUT2D eigenvalue weighted by Gasteiger charge is 2.54. The Bertz CT molecular complexity index is 1390. The molecule has 346 valence electrons. The number of hydrogen-bond acceptors (Lipinski definition) is 14. The summed E-state index contributed by atoms with van der Waals surface area (Å²) in [7, 11) is 1.40. The topological polar surface area (TPSA) is 172 Å². The number of likely N-dealkylation sites (N-methyl/N-ethyl adjacent to an activating group) is 1. The molecule has 18 atom stereocenters. The normalized spacial score (nSPS) is 45.2. The number of nitrogens with zero attached hydrogens (tertiary/aromatic N) is 1. The van der Waals surface area contributed by atoms with Crippen LogP contribution < -0.4 is 0 Å². The third-order valence-corrected chi connectivity index (χ3v) is 14.7. The molecule has 0 spiro atoms. The Balaban J connectivity index is 2.25. The molecule has 0 radical (unpaired) electrons. The van der Waals surface area contributed by atoms with Crippen LogP contribution in [0.3, 0.4) is 0 Å². The fourth-order valence-corrected chi connectivity index (χ4v) is 11.8. The highest BCUT2D eigenvalue weighted by molar-refractivity contribution is 6.70. The average molecular weight is 878 g/mol. The van der Waals surface area contributed by atoms with Crippen LogP contribution in [0.15, 0.2) is 0 Å². The van der Waals surface area contributed by atoms with Crippen molar-refractivity contribution in [1.82, 2.24) is 4.90 Å². The number of rotatable bonds is 11. The lowest BCUT2D eigenvalue weighted by atomic mass is 9.74. The van der Waals surface area contributed by atoms with E-state index in [-0.39, 0.29) is 37.2 Å². The van der Waals surface area contributed by atoms with E-state index in [1.165, 1.54) is 6.92 Å². The van der Waals surface area contributed by atoms with Gasteiger partial charge in [-0.1, -0.05) is 27.7 Å². The van der Waals surface area contributed by atoms with E-state index in [0.29, 0.717) is 6.42 Å². The number of hydrogen-bond donors (Lipinski definition) is 3. The predicted octanol–water partition coefficient (Wildman–Crippen LogP) is 5.50. The van der Waals surface area contributed by atoms with E-state index in [9.17, 15) is 24.9 Å². The molecule has 0 amide bonds. The van der Waals surface area contributed by atoms with Gasteiger partial charge in [0.25, 0.3) is 0 Å². The Hall–Kier alpha value is -0.866. The zero-order valence-electron chi connectivity index (χ0n) is 39.9. The second kappa shape index (κ2) is 19.9. The van der Waals surface area contributed by atoms with Crippen LogP contribution in [-0.4, -0.2) is 154 Å². The van der Waals surface area contributed by atoms with Crippen molar-refractivity contribution >= 4 is 28.4 Å². The first-order valence-electron chi connectivity index (χ1n) is 21.9. The van der Waals surface area contributed by atoms with Crippen LogP contribution in [0.1, 0.15) is 94.9 Å². The lowest BCUT2D eigenvalue weighted by molar-refractivity contribution is -0.315. The first-order chi connectivity index (χ1) is 26.8. The highest BCUT2D eigenvalue weighted by atomic mass is 28.4. The first kappa shape index (κ1) is 52.5. The molecule has 0 aromatic carbocycles. The summed E-state index contributed by atoms with van der Waals surface area (Å²) in [5, 5.41) is 36.1. The third-order valence-electron chi connectivity index (χ3n) is 12.7. The molecule has 59 heavy (non-hydrogen) atoms. The van der Waals surface area contributed by atoms with E-state index in [2.05, 4.69) is 44.2 Å². The molecule has 3 saturated heterocycles. The molecule has 0 bridgehead atoms. The summed E-state index contributed by atoms with van der Waals surface area (Å²) in [6, 6.07) is -0.0769. The number of cyclic esters (lactones) is 1. The minimum absolute atomic E-state index is 0.0733. The van der Waals surface area contributed by atoms with Gasteiger partial charge in [0.1, 0.15) is 23.6 Å². The molecule has 2 unspecified atom stereocenters. The molecule has 0 aromatic heterocycles. The van der Waals surface area contributed by atoms with Crippen LogP contribution in [0.25, 0.3) is 0 Å². The number of carbonyl (C=O) groups is 2. The van der Waals surface area contributed by atoms with Crippen molar-refractivity contribution in [2.75, 3.05) is 21.2 Å². The van der Waals surface area contributed by atoms with Gasteiger partial charge in [-0.05, 0) is 114 Å². The second-order valence-corrected chi connectivity index (χ2v) is 29.8. The Morgan fingerprint density at radius 3 is 1.90 bits per heavy atom. The molecule has 0 saturated carbocycles. The maximum atomic E-state index is 14.4. The molecular weight excluding hydrogens is 795 g/mol. The molecule has 3 aliphatic rings. The Labute approximate surface area is 357 Å². The van der Waals surface area contributed by atoms with Gasteiger partial charge in [0.15, 0.2) is 29.2 Å². The van der Waals surface area contributed by atoms with Crippen molar-refractivity contribution < 1.29 is 62.2 Å². The zero-order valence-corrected chi connectivity index (χ0v) is 41.9. The van der Waals surface area contributed by atoms with E-state index in [0.717, 1.165) is 0 Å². The summed E-state index contributed by atoms with van der Waals surface area (Å²) in [5.74, 6) is -4.67. The van der Waals surface area contributed by atoms with Crippen LogP contribution in [0.5, 0.6) is 0 Å². The Morgan fingerprint density at radius 1 is 0.814 bits per heavy atom. The minimum Gasteiger partial charge on any atom is -0.459 e. The van der Waals surface area contributed by atoms with Gasteiger partial charge in [-0.3, -0.25) is 9.59 Å². The number of aliphatic hydroxyl groups is 3. The summed E-state index contributed by atoms with van der Waals surface area (Å²) < 4.78 is 52.8. The molecule has 3 fully saturated rings. The van der Waals surface area contributed by atoms with Gasteiger partial charge in [0, 0.05) is 37.3 Å². The van der Waals surface area contributed by atoms with E-state index < -0.39 is 118 Å². The maximum Gasteiger partial charge on any atom is 0.311 e. The average Bonchev–Trinajstić information content (AvgIpc) is 3.10. The number of aliphatic hydroxyl groups excluding tert-OH is 1. The van der Waals surface area contributed by atoms with E-state index in [1.807, 2.05) is 41.8 Å². The molecule has 14 nitrogen and oxygen atoms in total. The van der Waals surface area contributed by atoms with Crippen molar-refractivity contribution in [1.29, 1.82) is 0 Å². The van der Waals surface area contributed by atoms with Gasteiger partial charge in [-0.2, -0.15) is 0 Å². The van der Waals surface area contributed by atoms with Gasteiger partial charge >= 0.3 is 5.97 Å². The molecule has 16 heteroatoms. The summed E-state index contributed by atoms with van der Waals surface area (Å²) in [6.45, 7) is 30.1. The van der Waals surface area contributed by atoms with Gasteiger partial charge in [-0.25, -0.2) is 0 Å². The lowest BCUT2D eigenvalue weighted by Crippen LogP contribution is -2.62. The fourth-order valence-electron chi connectivity index (χ4n) is 9.52. The summed E-state index contributed by atoms with van der Waals surface area (Å²) in [6.07, 6.45) is -7.22. The molecular formula is C43H83NO13Si2. The van der Waals surface area contributed by atoms with Crippen molar-refractivity contribution in [2.45, 2.75) is 218 Å². The third kappa shape index (κ3) is 12.9. The Morgan fingerprint density at radius 2 is 1.39 bits per heavy atom. The minimum atomic E-state index is -2.19. The fraction of sp³-hybridized carbons (Fsp3) is 0.953. The second-order valence-electron chi connectivity index (χ2n) is 20.9. The largest absolute Gasteiger partial charge is 0.459 e. The quantitative estimate of drug-likeness (QED) is 0.176. The maximum absolute atomic E-state index is 14.4. The SMILES string of the molecule is CC[C@H]1OC(=O)[C@H](C)[C@@H](OC2C[C@@](C)(OC)[C@@H](O[Si](C)(C)C)[C@H](C)O2)[C@H](C)[C@@H](OC2O[C@H](C)C[C@H](N(C)C)[C@H]2O[Si](C)(C)C)[C@@](C)(O)C[C@@H](C)C(=O)[C@H](C)[C@@H](O)[C@]1(C)O. The van der Waals surface area contributed by atoms with Crippen LogP contribution >= 0.6 is 0 Å². The number of esters is 1.